The quantitative estimate of drug-likeness (QED) is 0.886. The van der Waals surface area contributed by atoms with Crippen LogP contribution in [0.25, 0.3) is 0 Å². The summed E-state index contributed by atoms with van der Waals surface area (Å²) in [6.07, 6.45) is 4.57. The fourth-order valence-corrected chi connectivity index (χ4v) is 4.62. The molecular weight excluding hydrogens is 340 g/mol. The van der Waals surface area contributed by atoms with Gasteiger partial charge < -0.3 is 15.4 Å². The van der Waals surface area contributed by atoms with Crippen molar-refractivity contribution < 1.29 is 14.3 Å². The summed E-state index contributed by atoms with van der Waals surface area (Å²) in [7, 11) is 0. The lowest BCUT2D eigenvalue weighted by molar-refractivity contribution is -0.168. The van der Waals surface area contributed by atoms with Crippen LogP contribution >= 0.6 is 0 Å². The Morgan fingerprint density at radius 3 is 2.48 bits per heavy atom. The molecule has 2 aliphatic rings. The van der Waals surface area contributed by atoms with Crippen LogP contribution in [0.15, 0.2) is 54.6 Å². The zero-order valence-electron chi connectivity index (χ0n) is 15.3. The number of fused-ring (bicyclic) bond motifs is 1. The lowest BCUT2D eigenvalue weighted by atomic mass is 9.61. The summed E-state index contributed by atoms with van der Waals surface area (Å²) >= 11 is 0. The zero-order valence-corrected chi connectivity index (χ0v) is 15.3. The third-order valence-corrected chi connectivity index (χ3v) is 6.00. The molecule has 2 atom stereocenters. The van der Waals surface area contributed by atoms with E-state index < -0.39 is 5.91 Å². The number of likely N-dealkylation sites (tertiary alicyclic amines) is 1. The van der Waals surface area contributed by atoms with Gasteiger partial charge in [0.15, 0.2) is 6.61 Å². The van der Waals surface area contributed by atoms with Crippen molar-refractivity contribution in [3.63, 3.8) is 0 Å². The van der Waals surface area contributed by atoms with Crippen LogP contribution in [0.3, 0.4) is 0 Å². The molecular formula is C22H24N2O3. The van der Waals surface area contributed by atoms with Crippen molar-refractivity contribution in [2.24, 2.45) is 11.7 Å². The molecule has 4 rings (SSSR count). The highest BCUT2D eigenvalue weighted by Gasteiger charge is 2.56. The van der Waals surface area contributed by atoms with E-state index in [0.29, 0.717) is 17.2 Å². The molecule has 0 bridgehead atoms. The molecule has 2 aromatic carbocycles. The monoisotopic (exact) mass is 364 g/mol. The van der Waals surface area contributed by atoms with Gasteiger partial charge in [-0.2, -0.15) is 0 Å². The Morgan fingerprint density at radius 1 is 1.07 bits per heavy atom. The van der Waals surface area contributed by atoms with Crippen molar-refractivity contribution in [3.8, 4) is 5.75 Å². The number of nitrogens with two attached hydrogens (primary N) is 1. The normalized spacial score (nSPS) is 23.9. The van der Waals surface area contributed by atoms with Crippen LogP contribution in [0.4, 0.5) is 0 Å². The zero-order chi connectivity index (χ0) is 18.9. The highest BCUT2D eigenvalue weighted by molar-refractivity contribution is 5.92. The number of hydrogen-bond acceptors (Lipinski definition) is 3. The van der Waals surface area contributed by atoms with Gasteiger partial charge in [-0.15, -0.1) is 0 Å². The van der Waals surface area contributed by atoms with Gasteiger partial charge >= 0.3 is 0 Å². The summed E-state index contributed by atoms with van der Waals surface area (Å²) in [5.74, 6) is 0.623. The summed E-state index contributed by atoms with van der Waals surface area (Å²) in [5, 5.41) is 0. The van der Waals surface area contributed by atoms with Gasteiger partial charge in [-0.25, -0.2) is 0 Å². The maximum Gasteiger partial charge on any atom is 0.261 e. The van der Waals surface area contributed by atoms with Crippen LogP contribution in [0, 0.1) is 5.92 Å². The second kappa shape index (κ2) is 7.06. The number of carbonyl (C=O) groups is 2. The molecule has 5 heteroatoms. The molecule has 0 unspecified atom stereocenters. The largest absolute Gasteiger partial charge is 0.484 e. The standard InChI is InChI=1S/C22H24N2O3/c23-21(26)16-9-11-19(12-10-16)27-15-20(25)24-14-18-8-4-5-13-22(18,24)17-6-2-1-3-7-17/h1-3,6-7,9-12,18H,4-5,8,13-15H2,(H2,23,26)/t18-,22-/m0/s1. The fourth-order valence-electron chi connectivity index (χ4n) is 4.62. The molecule has 0 spiro atoms. The van der Waals surface area contributed by atoms with Gasteiger partial charge in [0.05, 0.1) is 5.54 Å². The number of benzene rings is 2. The second-order valence-corrected chi connectivity index (χ2v) is 7.41. The minimum absolute atomic E-state index is 0.00276. The molecule has 1 aliphatic carbocycles. The van der Waals surface area contributed by atoms with Crippen molar-refractivity contribution in [1.29, 1.82) is 0 Å². The molecule has 1 saturated carbocycles. The Labute approximate surface area is 159 Å². The highest BCUT2D eigenvalue weighted by atomic mass is 16.5. The Morgan fingerprint density at radius 2 is 1.81 bits per heavy atom. The van der Waals surface area contributed by atoms with Crippen LogP contribution in [0.2, 0.25) is 0 Å². The fraction of sp³-hybridized carbons (Fsp3) is 0.364. The van der Waals surface area contributed by atoms with E-state index in [1.165, 1.54) is 18.4 Å². The van der Waals surface area contributed by atoms with Gasteiger partial charge in [0, 0.05) is 18.0 Å². The maximum atomic E-state index is 12.9. The molecule has 2 aromatic rings. The van der Waals surface area contributed by atoms with E-state index in [1.54, 1.807) is 24.3 Å². The molecule has 2 fully saturated rings. The minimum atomic E-state index is -0.480. The Hall–Kier alpha value is -2.82. The third-order valence-electron chi connectivity index (χ3n) is 6.00. The Balaban J connectivity index is 1.47. The first-order valence-electron chi connectivity index (χ1n) is 9.50. The van der Waals surface area contributed by atoms with E-state index in [-0.39, 0.29) is 18.1 Å². The van der Waals surface area contributed by atoms with E-state index in [0.717, 1.165) is 19.4 Å². The summed E-state index contributed by atoms with van der Waals surface area (Å²) in [4.78, 5) is 26.1. The molecule has 27 heavy (non-hydrogen) atoms. The topological polar surface area (TPSA) is 72.6 Å². The summed E-state index contributed by atoms with van der Waals surface area (Å²) in [5.41, 5.74) is 6.73. The van der Waals surface area contributed by atoms with Crippen molar-refractivity contribution in [2.45, 2.75) is 31.2 Å². The van der Waals surface area contributed by atoms with Crippen LogP contribution in [-0.2, 0) is 10.3 Å². The van der Waals surface area contributed by atoms with Crippen LogP contribution in [0.1, 0.15) is 41.6 Å². The van der Waals surface area contributed by atoms with Crippen molar-refractivity contribution in [1.82, 2.24) is 4.90 Å². The van der Waals surface area contributed by atoms with Crippen molar-refractivity contribution in [2.75, 3.05) is 13.2 Å². The average molecular weight is 364 g/mol. The highest BCUT2D eigenvalue weighted by Crippen LogP contribution is 2.53. The first kappa shape index (κ1) is 17.6. The van der Waals surface area contributed by atoms with Crippen molar-refractivity contribution >= 4 is 11.8 Å². The molecule has 2 amide bonds. The lowest BCUT2D eigenvalue weighted by Crippen LogP contribution is -2.68. The van der Waals surface area contributed by atoms with Crippen molar-refractivity contribution in [3.05, 3.63) is 65.7 Å². The number of rotatable bonds is 5. The van der Waals surface area contributed by atoms with Gasteiger partial charge in [0.2, 0.25) is 5.91 Å². The van der Waals surface area contributed by atoms with Gasteiger partial charge in [-0.3, -0.25) is 9.59 Å². The van der Waals surface area contributed by atoms with Gasteiger partial charge in [-0.1, -0.05) is 43.2 Å². The number of amides is 2. The number of ether oxygens (including phenoxy) is 1. The number of carbonyl (C=O) groups excluding carboxylic acids is 2. The summed E-state index contributed by atoms with van der Waals surface area (Å²) < 4.78 is 5.68. The maximum absolute atomic E-state index is 12.9. The summed E-state index contributed by atoms with van der Waals surface area (Å²) in [6, 6.07) is 16.9. The van der Waals surface area contributed by atoms with Crippen LogP contribution in [-0.4, -0.2) is 29.9 Å². The minimum Gasteiger partial charge on any atom is -0.484 e. The van der Waals surface area contributed by atoms with Gasteiger partial charge in [-0.05, 0) is 42.7 Å². The predicted octanol–water partition coefficient (Wildman–Crippen LogP) is 3.09. The number of nitrogens with zero attached hydrogens (tertiary/aromatic N) is 1. The lowest BCUT2D eigenvalue weighted by Gasteiger charge is -2.61. The predicted molar refractivity (Wildman–Crippen MR) is 102 cm³/mol. The first-order chi connectivity index (χ1) is 13.1. The number of hydrogen-bond donors (Lipinski definition) is 1. The van der Waals surface area contributed by atoms with E-state index in [1.807, 2.05) is 23.1 Å². The molecule has 1 saturated heterocycles. The molecule has 1 aliphatic heterocycles. The summed E-state index contributed by atoms with van der Waals surface area (Å²) in [6.45, 7) is 0.801. The van der Waals surface area contributed by atoms with E-state index in [9.17, 15) is 9.59 Å². The molecule has 0 radical (unpaired) electrons. The van der Waals surface area contributed by atoms with E-state index >= 15 is 0 Å². The second-order valence-electron chi connectivity index (χ2n) is 7.41. The van der Waals surface area contributed by atoms with Gasteiger partial charge in [0.1, 0.15) is 5.75 Å². The molecule has 140 valence electrons. The molecule has 2 N–H and O–H groups in total. The molecule has 0 aromatic heterocycles. The Bertz CT molecular complexity index is 834. The third kappa shape index (κ3) is 3.07. The smallest absolute Gasteiger partial charge is 0.261 e. The molecule has 5 nitrogen and oxygen atoms in total. The SMILES string of the molecule is NC(=O)c1ccc(OCC(=O)N2C[C@@H]3CCCC[C@]32c2ccccc2)cc1. The average Bonchev–Trinajstić information content (AvgIpc) is 2.68. The molecule has 1 heterocycles. The van der Waals surface area contributed by atoms with Gasteiger partial charge in [0.25, 0.3) is 5.91 Å². The van der Waals surface area contributed by atoms with Crippen LogP contribution in [0.5, 0.6) is 5.75 Å². The first-order valence-corrected chi connectivity index (χ1v) is 9.50. The Kier molecular flexibility index (Phi) is 4.60. The van der Waals surface area contributed by atoms with E-state index in [4.69, 9.17) is 10.5 Å². The number of primary amides is 1. The van der Waals surface area contributed by atoms with E-state index in [2.05, 4.69) is 12.1 Å². The van der Waals surface area contributed by atoms with Crippen LogP contribution < -0.4 is 10.5 Å².